The first-order valence-electron chi connectivity index (χ1n) is 27.0. The lowest BCUT2D eigenvalue weighted by Gasteiger charge is -2.03. The van der Waals surface area contributed by atoms with Gasteiger partial charge in [0.05, 0.1) is 0 Å². The SMILES string of the molecule is CCCCCCCCCCCCCCCCCC(=O)O.CCCCCCCCCCCCCCCCCC(=O)O.CCCCCCCCCCCCCCCCCC(=O)O.[Al]. The van der Waals surface area contributed by atoms with Crippen LogP contribution in [-0.2, 0) is 14.4 Å². The maximum absolute atomic E-state index is 10.3. The van der Waals surface area contributed by atoms with Gasteiger partial charge in [0, 0.05) is 36.6 Å². The van der Waals surface area contributed by atoms with Gasteiger partial charge in [-0.05, 0) is 19.3 Å². The molecule has 0 saturated heterocycles. The van der Waals surface area contributed by atoms with Crippen LogP contribution in [0.15, 0.2) is 0 Å². The Morgan fingerprint density at radius 3 is 0.410 bits per heavy atom. The van der Waals surface area contributed by atoms with Crippen LogP contribution in [-0.4, -0.2) is 50.6 Å². The second-order valence-corrected chi connectivity index (χ2v) is 18.3. The summed E-state index contributed by atoms with van der Waals surface area (Å²) in [6.45, 7) is 6.81. The standard InChI is InChI=1S/3C18H36O2.Al/c3*1-2-3-4-5-6-7-8-9-10-11-12-13-14-15-16-17-18(19)20;/h3*2-17H2,1H3,(H,19,20);. The van der Waals surface area contributed by atoms with Crippen molar-refractivity contribution in [3.63, 3.8) is 0 Å². The van der Waals surface area contributed by atoms with Gasteiger partial charge >= 0.3 is 17.9 Å². The monoisotopic (exact) mass is 880 g/mol. The number of carboxylic acids is 3. The highest BCUT2D eigenvalue weighted by Gasteiger charge is 2.00. The highest BCUT2D eigenvalue weighted by Crippen LogP contribution is 2.16. The minimum Gasteiger partial charge on any atom is -0.481 e. The number of hydrogen-bond acceptors (Lipinski definition) is 3. The van der Waals surface area contributed by atoms with E-state index in [0.29, 0.717) is 19.3 Å². The van der Waals surface area contributed by atoms with Crippen molar-refractivity contribution >= 4 is 35.3 Å². The molecule has 0 aliphatic heterocycles. The second kappa shape index (κ2) is 63.2. The highest BCUT2D eigenvalue weighted by molar-refractivity contribution is 5.75. The molecule has 0 amide bonds. The molecule has 0 atom stereocenters. The maximum Gasteiger partial charge on any atom is 0.303 e. The molecule has 0 aromatic heterocycles. The van der Waals surface area contributed by atoms with Crippen molar-refractivity contribution in [3.8, 4) is 0 Å². The summed E-state index contributed by atoms with van der Waals surface area (Å²) in [5.41, 5.74) is 0. The van der Waals surface area contributed by atoms with E-state index in [9.17, 15) is 14.4 Å². The molecular weight excluding hydrogens is 772 g/mol. The first kappa shape index (κ1) is 66.5. The molecule has 0 heterocycles. The van der Waals surface area contributed by atoms with Crippen LogP contribution in [0.25, 0.3) is 0 Å². The van der Waals surface area contributed by atoms with Gasteiger partial charge < -0.3 is 15.3 Å². The van der Waals surface area contributed by atoms with Crippen LogP contribution in [0.5, 0.6) is 0 Å². The zero-order valence-corrected chi connectivity index (χ0v) is 42.7. The molecule has 0 spiro atoms. The number of hydrogen-bond donors (Lipinski definition) is 3. The van der Waals surface area contributed by atoms with Crippen LogP contribution < -0.4 is 0 Å². The van der Waals surface area contributed by atoms with E-state index >= 15 is 0 Å². The fourth-order valence-corrected chi connectivity index (χ4v) is 7.94. The minimum atomic E-state index is -0.653. The number of carbonyl (C=O) groups is 3. The summed E-state index contributed by atoms with van der Waals surface area (Å²) >= 11 is 0. The Morgan fingerprint density at radius 1 is 0.213 bits per heavy atom. The number of rotatable bonds is 48. The zero-order chi connectivity index (χ0) is 44.7. The van der Waals surface area contributed by atoms with Gasteiger partial charge in [-0.15, -0.1) is 0 Å². The fraction of sp³-hybridized carbons (Fsp3) is 0.944. The lowest BCUT2D eigenvalue weighted by atomic mass is 10.0. The van der Waals surface area contributed by atoms with E-state index in [1.165, 1.54) is 250 Å². The van der Waals surface area contributed by atoms with Crippen LogP contribution in [0.1, 0.15) is 329 Å². The maximum atomic E-state index is 10.3. The molecule has 0 bridgehead atoms. The fourth-order valence-electron chi connectivity index (χ4n) is 7.94. The van der Waals surface area contributed by atoms with Crippen LogP contribution >= 0.6 is 0 Å². The Hall–Kier alpha value is -1.06. The third-order valence-corrected chi connectivity index (χ3v) is 12.0. The Kier molecular flexibility index (Phi) is 69.0. The summed E-state index contributed by atoms with van der Waals surface area (Å²) in [7, 11) is 0. The highest BCUT2D eigenvalue weighted by atomic mass is 27.0. The van der Waals surface area contributed by atoms with Crippen molar-refractivity contribution in [1.29, 1.82) is 0 Å². The normalized spacial score (nSPS) is 10.7. The summed E-state index contributed by atoms with van der Waals surface area (Å²) < 4.78 is 0. The van der Waals surface area contributed by atoms with E-state index in [-0.39, 0.29) is 17.4 Å². The Balaban J connectivity index is -0.000000396. The molecule has 0 fully saturated rings. The van der Waals surface area contributed by atoms with Gasteiger partial charge in [-0.25, -0.2) is 0 Å². The summed E-state index contributed by atoms with van der Waals surface area (Å²) in [6.07, 6.45) is 60.6. The lowest BCUT2D eigenvalue weighted by molar-refractivity contribution is -0.138. The van der Waals surface area contributed by atoms with Crippen molar-refractivity contribution in [2.24, 2.45) is 0 Å². The van der Waals surface area contributed by atoms with Crippen molar-refractivity contribution in [2.75, 3.05) is 0 Å². The largest absolute Gasteiger partial charge is 0.481 e. The molecule has 0 unspecified atom stereocenters. The van der Waals surface area contributed by atoms with E-state index in [1.54, 1.807) is 0 Å². The van der Waals surface area contributed by atoms with Crippen LogP contribution in [0.2, 0.25) is 0 Å². The van der Waals surface area contributed by atoms with Crippen LogP contribution in [0, 0.1) is 0 Å². The van der Waals surface area contributed by atoms with Gasteiger partial charge in [0.2, 0.25) is 0 Å². The summed E-state index contributed by atoms with van der Waals surface area (Å²) in [6, 6.07) is 0. The molecule has 0 rings (SSSR count). The predicted octanol–water partition coefficient (Wildman–Crippen LogP) is 18.6. The molecule has 3 radical (unpaired) electrons. The van der Waals surface area contributed by atoms with Gasteiger partial charge in [-0.2, -0.15) is 0 Å². The Labute approximate surface area is 392 Å². The van der Waals surface area contributed by atoms with Gasteiger partial charge in [0.25, 0.3) is 0 Å². The first-order valence-corrected chi connectivity index (χ1v) is 27.0. The van der Waals surface area contributed by atoms with Gasteiger partial charge in [-0.1, -0.05) is 290 Å². The summed E-state index contributed by atoms with van der Waals surface area (Å²) in [4.78, 5) is 31.0. The molecule has 3 N–H and O–H groups in total. The number of aliphatic carboxylic acids is 3. The number of unbranched alkanes of at least 4 members (excludes halogenated alkanes) is 42. The summed E-state index contributed by atoms with van der Waals surface area (Å²) in [5, 5.41) is 25.6. The average Bonchev–Trinajstić information content (AvgIpc) is 3.22. The molecule has 0 aromatic carbocycles. The molecule has 7 heteroatoms. The van der Waals surface area contributed by atoms with Gasteiger partial charge in [-0.3, -0.25) is 14.4 Å². The quantitative estimate of drug-likeness (QED) is 0.0415. The Bertz CT molecular complexity index is 717. The van der Waals surface area contributed by atoms with Gasteiger partial charge in [0.1, 0.15) is 0 Å². The number of carboxylic acid groups (broad SMARTS) is 3. The molecule has 0 aromatic rings. The van der Waals surface area contributed by atoms with E-state index in [1.807, 2.05) is 0 Å². The molecule has 6 nitrogen and oxygen atoms in total. The third kappa shape index (κ3) is 76.6. The minimum absolute atomic E-state index is 0. The van der Waals surface area contributed by atoms with E-state index in [4.69, 9.17) is 15.3 Å². The van der Waals surface area contributed by atoms with Crippen LogP contribution in [0.3, 0.4) is 0 Å². The average molecular weight is 880 g/mol. The van der Waals surface area contributed by atoms with Crippen molar-refractivity contribution in [3.05, 3.63) is 0 Å². The molecular formula is C54H108AlO6. The third-order valence-electron chi connectivity index (χ3n) is 12.0. The van der Waals surface area contributed by atoms with Gasteiger partial charge in [0.15, 0.2) is 0 Å². The topological polar surface area (TPSA) is 112 Å². The predicted molar refractivity (Wildman–Crippen MR) is 267 cm³/mol. The molecule has 61 heavy (non-hydrogen) atoms. The Morgan fingerprint density at radius 2 is 0.311 bits per heavy atom. The van der Waals surface area contributed by atoms with Crippen molar-refractivity contribution < 1.29 is 29.7 Å². The second-order valence-electron chi connectivity index (χ2n) is 18.3. The molecule has 0 aliphatic carbocycles. The molecule has 0 aliphatic rings. The smallest absolute Gasteiger partial charge is 0.303 e. The van der Waals surface area contributed by atoms with E-state index < -0.39 is 17.9 Å². The van der Waals surface area contributed by atoms with E-state index in [0.717, 1.165) is 38.5 Å². The zero-order valence-electron chi connectivity index (χ0n) is 41.6. The van der Waals surface area contributed by atoms with Crippen molar-refractivity contribution in [2.45, 2.75) is 329 Å². The van der Waals surface area contributed by atoms with E-state index in [2.05, 4.69) is 20.8 Å². The lowest BCUT2D eigenvalue weighted by Crippen LogP contribution is -1.93. The molecule has 0 saturated carbocycles. The molecule has 363 valence electrons. The summed E-state index contributed by atoms with van der Waals surface area (Å²) in [5.74, 6) is -1.96. The van der Waals surface area contributed by atoms with Crippen LogP contribution in [0.4, 0.5) is 0 Å². The van der Waals surface area contributed by atoms with Crippen molar-refractivity contribution in [1.82, 2.24) is 0 Å². The first-order chi connectivity index (χ1) is 29.3.